The molecule has 1 heterocycles. The van der Waals surface area contributed by atoms with Crippen molar-refractivity contribution in [2.45, 2.75) is 32.6 Å². The topological polar surface area (TPSA) is 49.3 Å². The van der Waals surface area contributed by atoms with Crippen LogP contribution in [0.3, 0.4) is 0 Å². The van der Waals surface area contributed by atoms with Gasteiger partial charge in [0.2, 0.25) is 0 Å². The Bertz CT molecular complexity index is 506. The Hall–Kier alpha value is -1.31. The number of thiophene rings is 1. The molecule has 3 nitrogen and oxygen atoms in total. The van der Waals surface area contributed by atoms with Crippen LogP contribution in [0, 0.1) is 17.3 Å². The molecule has 0 bridgehead atoms. The third kappa shape index (κ3) is 3.82. The Morgan fingerprint density at radius 1 is 1.58 bits per heavy atom. The summed E-state index contributed by atoms with van der Waals surface area (Å²) in [5, 5.41) is 13.5. The molecule has 0 unspecified atom stereocenters. The Kier molecular flexibility index (Phi) is 4.62. The van der Waals surface area contributed by atoms with Gasteiger partial charge in [-0.05, 0) is 24.3 Å². The van der Waals surface area contributed by atoms with Crippen LogP contribution in [0.15, 0.2) is 11.4 Å². The van der Waals surface area contributed by atoms with Crippen LogP contribution < -0.4 is 5.32 Å². The first-order chi connectivity index (χ1) is 9.13. The van der Waals surface area contributed by atoms with E-state index in [1.807, 2.05) is 11.4 Å². The van der Waals surface area contributed by atoms with Crippen LogP contribution in [0.4, 0.5) is 0 Å². The number of hydrogen-bond acceptors (Lipinski definition) is 3. The maximum absolute atomic E-state index is 12.0. The van der Waals surface area contributed by atoms with E-state index in [1.165, 1.54) is 30.6 Å². The van der Waals surface area contributed by atoms with Gasteiger partial charge in [0.25, 0.3) is 5.91 Å². The molecule has 19 heavy (non-hydrogen) atoms. The molecule has 2 N–H and O–H groups in total. The number of carbonyl (C=O) groups is 1. The van der Waals surface area contributed by atoms with Crippen LogP contribution in [0.25, 0.3) is 0 Å². The molecule has 0 aromatic carbocycles. The summed E-state index contributed by atoms with van der Waals surface area (Å²) in [5.74, 6) is 5.79. The number of rotatable bonds is 4. The highest BCUT2D eigenvalue weighted by molar-refractivity contribution is 7.10. The number of carbonyl (C=O) groups excluding carboxylic acids is 1. The van der Waals surface area contributed by atoms with E-state index in [1.54, 1.807) is 0 Å². The predicted molar refractivity (Wildman–Crippen MR) is 77.2 cm³/mol. The van der Waals surface area contributed by atoms with E-state index < -0.39 is 0 Å². The van der Waals surface area contributed by atoms with Gasteiger partial charge in [-0.2, -0.15) is 0 Å². The first-order valence-electron chi connectivity index (χ1n) is 6.59. The molecule has 0 aliphatic heterocycles. The summed E-state index contributed by atoms with van der Waals surface area (Å²) in [7, 11) is 0. The number of hydrogen-bond donors (Lipinski definition) is 2. The van der Waals surface area contributed by atoms with Crippen molar-refractivity contribution in [2.75, 3.05) is 13.2 Å². The van der Waals surface area contributed by atoms with Crippen molar-refractivity contribution in [3.05, 3.63) is 21.9 Å². The zero-order chi connectivity index (χ0) is 13.7. The maximum Gasteiger partial charge on any atom is 0.252 e. The number of aliphatic hydroxyl groups excluding tert-OH is 1. The molecular formula is C15H19NO2S. The standard InChI is InChI=1S/C15H19NO2S/c1-15(6-4-7-15)11-16-14(18)12-9-13(19-10-12)5-2-3-8-17/h9-10,17H,3-4,6-8,11H2,1H3,(H,16,18). The number of amides is 1. The molecule has 0 atom stereocenters. The van der Waals surface area contributed by atoms with Crippen molar-refractivity contribution in [1.29, 1.82) is 0 Å². The molecule has 1 aromatic rings. The van der Waals surface area contributed by atoms with Crippen molar-refractivity contribution in [3.63, 3.8) is 0 Å². The largest absolute Gasteiger partial charge is 0.395 e. The molecule has 1 saturated carbocycles. The van der Waals surface area contributed by atoms with E-state index in [0.29, 0.717) is 17.4 Å². The lowest BCUT2D eigenvalue weighted by Crippen LogP contribution is -2.39. The second kappa shape index (κ2) is 6.23. The second-order valence-corrected chi connectivity index (χ2v) is 6.23. The van der Waals surface area contributed by atoms with Crippen LogP contribution in [0.1, 0.15) is 47.8 Å². The quantitative estimate of drug-likeness (QED) is 0.830. The van der Waals surface area contributed by atoms with Gasteiger partial charge in [0.1, 0.15) is 0 Å². The lowest BCUT2D eigenvalue weighted by Gasteiger charge is -2.38. The third-order valence-electron chi connectivity index (χ3n) is 3.55. The Labute approximate surface area is 118 Å². The van der Waals surface area contributed by atoms with Gasteiger partial charge in [-0.15, -0.1) is 11.3 Å². The summed E-state index contributed by atoms with van der Waals surface area (Å²) in [6.07, 6.45) is 4.15. The first kappa shape index (κ1) is 14.1. The van der Waals surface area contributed by atoms with Crippen molar-refractivity contribution >= 4 is 17.2 Å². The van der Waals surface area contributed by atoms with E-state index in [2.05, 4.69) is 24.1 Å². The molecule has 2 rings (SSSR count). The van der Waals surface area contributed by atoms with E-state index in [4.69, 9.17) is 5.11 Å². The highest BCUT2D eigenvalue weighted by Gasteiger charge is 2.31. The van der Waals surface area contributed by atoms with Gasteiger partial charge in [0.05, 0.1) is 17.0 Å². The fraction of sp³-hybridized carbons (Fsp3) is 0.533. The van der Waals surface area contributed by atoms with Crippen LogP contribution >= 0.6 is 11.3 Å². The smallest absolute Gasteiger partial charge is 0.252 e. The van der Waals surface area contributed by atoms with Crippen LogP contribution in [0.5, 0.6) is 0 Å². The number of nitrogens with one attached hydrogen (secondary N) is 1. The molecule has 102 valence electrons. The third-order valence-corrected chi connectivity index (χ3v) is 4.39. The Morgan fingerprint density at radius 3 is 3.00 bits per heavy atom. The maximum atomic E-state index is 12.0. The molecule has 0 saturated heterocycles. The van der Waals surface area contributed by atoms with Crippen LogP contribution in [0.2, 0.25) is 0 Å². The molecule has 1 amide bonds. The molecule has 0 radical (unpaired) electrons. The zero-order valence-electron chi connectivity index (χ0n) is 11.2. The van der Waals surface area contributed by atoms with E-state index in [0.717, 1.165) is 11.4 Å². The minimum atomic E-state index is -0.0143. The van der Waals surface area contributed by atoms with Gasteiger partial charge in [0.15, 0.2) is 0 Å². The Morgan fingerprint density at radius 2 is 2.37 bits per heavy atom. The second-order valence-electron chi connectivity index (χ2n) is 5.32. The summed E-state index contributed by atoms with van der Waals surface area (Å²) in [4.78, 5) is 12.9. The average Bonchev–Trinajstić information content (AvgIpc) is 2.83. The lowest BCUT2D eigenvalue weighted by atomic mass is 9.70. The van der Waals surface area contributed by atoms with Crippen LogP contribution in [-0.2, 0) is 0 Å². The zero-order valence-corrected chi connectivity index (χ0v) is 12.0. The summed E-state index contributed by atoms with van der Waals surface area (Å²) >= 11 is 1.47. The fourth-order valence-corrected chi connectivity index (χ4v) is 2.83. The van der Waals surface area contributed by atoms with Crippen LogP contribution in [-0.4, -0.2) is 24.2 Å². The molecule has 4 heteroatoms. The van der Waals surface area contributed by atoms with Crippen molar-refractivity contribution in [3.8, 4) is 11.8 Å². The van der Waals surface area contributed by atoms with E-state index >= 15 is 0 Å². The summed E-state index contributed by atoms with van der Waals surface area (Å²) in [6, 6.07) is 1.81. The summed E-state index contributed by atoms with van der Waals surface area (Å²) < 4.78 is 0. The van der Waals surface area contributed by atoms with Gasteiger partial charge < -0.3 is 10.4 Å². The minimum absolute atomic E-state index is 0.0143. The van der Waals surface area contributed by atoms with Crippen molar-refractivity contribution in [1.82, 2.24) is 5.32 Å². The monoisotopic (exact) mass is 277 g/mol. The van der Waals surface area contributed by atoms with Crippen molar-refractivity contribution in [2.24, 2.45) is 5.41 Å². The first-order valence-corrected chi connectivity index (χ1v) is 7.47. The van der Waals surface area contributed by atoms with Gasteiger partial charge in [-0.1, -0.05) is 25.2 Å². The summed E-state index contributed by atoms with van der Waals surface area (Å²) in [5.41, 5.74) is 0.983. The molecule has 1 aromatic heterocycles. The predicted octanol–water partition coefficient (Wildman–Crippen LogP) is 2.40. The molecule has 0 spiro atoms. The number of aliphatic hydroxyl groups is 1. The van der Waals surface area contributed by atoms with Crippen molar-refractivity contribution < 1.29 is 9.90 Å². The van der Waals surface area contributed by atoms with Gasteiger partial charge in [0, 0.05) is 18.3 Å². The minimum Gasteiger partial charge on any atom is -0.395 e. The van der Waals surface area contributed by atoms with E-state index in [-0.39, 0.29) is 12.5 Å². The molecule has 1 aliphatic carbocycles. The molecule has 1 fully saturated rings. The average molecular weight is 277 g/mol. The highest BCUT2D eigenvalue weighted by atomic mass is 32.1. The summed E-state index contributed by atoms with van der Waals surface area (Å²) in [6.45, 7) is 3.05. The van der Waals surface area contributed by atoms with Gasteiger partial charge >= 0.3 is 0 Å². The molecule has 1 aliphatic rings. The highest BCUT2D eigenvalue weighted by Crippen LogP contribution is 2.39. The molecular weight excluding hydrogens is 258 g/mol. The van der Waals surface area contributed by atoms with Gasteiger partial charge in [-0.3, -0.25) is 4.79 Å². The fourth-order valence-electron chi connectivity index (χ4n) is 2.08. The Balaban J connectivity index is 1.87. The normalized spacial score (nSPS) is 16.1. The lowest BCUT2D eigenvalue weighted by molar-refractivity contribution is 0.0891. The van der Waals surface area contributed by atoms with Gasteiger partial charge in [-0.25, -0.2) is 0 Å². The SMILES string of the molecule is CC1(CNC(=O)c2csc(C#CCCO)c2)CCC1. The van der Waals surface area contributed by atoms with E-state index in [9.17, 15) is 4.79 Å².